The number of rotatable bonds is 65. The molecular formula is C72H134O6. The minimum absolute atomic E-state index is 0.0662. The van der Waals surface area contributed by atoms with Crippen LogP contribution in [0.4, 0.5) is 0 Å². The number of hydrogen-bond acceptors (Lipinski definition) is 6. The Balaban J connectivity index is 3.91. The number of unbranched alkanes of at least 4 members (excludes halogenated alkanes) is 48. The van der Waals surface area contributed by atoms with Crippen molar-refractivity contribution in [1.29, 1.82) is 0 Å². The Morgan fingerprint density at radius 2 is 0.462 bits per heavy atom. The van der Waals surface area contributed by atoms with Crippen LogP contribution < -0.4 is 0 Å². The van der Waals surface area contributed by atoms with Crippen molar-refractivity contribution in [2.24, 2.45) is 0 Å². The summed E-state index contributed by atoms with van der Waals surface area (Å²) in [7, 11) is 0. The van der Waals surface area contributed by atoms with Gasteiger partial charge in [0.1, 0.15) is 13.2 Å². The first kappa shape index (κ1) is 75.6. The van der Waals surface area contributed by atoms with Crippen LogP contribution >= 0.6 is 0 Å². The number of ether oxygens (including phenoxy) is 3. The Labute approximate surface area is 486 Å². The van der Waals surface area contributed by atoms with Gasteiger partial charge in [-0.3, -0.25) is 14.4 Å². The van der Waals surface area contributed by atoms with Crippen LogP contribution in [-0.2, 0) is 28.6 Å². The zero-order chi connectivity index (χ0) is 56.4. The molecule has 0 heterocycles. The maximum Gasteiger partial charge on any atom is 0.306 e. The van der Waals surface area contributed by atoms with E-state index in [1.807, 2.05) is 0 Å². The number of hydrogen-bond donors (Lipinski definition) is 0. The molecule has 0 N–H and O–H groups in total. The predicted molar refractivity (Wildman–Crippen MR) is 339 cm³/mol. The summed E-state index contributed by atoms with van der Waals surface area (Å²) >= 11 is 0. The molecule has 0 saturated heterocycles. The molecular weight excluding hydrogens is 961 g/mol. The van der Waals surface area contributed by atoms with Crippen molar-refractivity contribution in [2.45, 2.75) is 393 Å². The average Bonchev–Trinajstić information content (AvgIpc) is 3.44. The zero-order valence-corrected chi connectivity index (χ0v) is 52.7. The highest BCUT2D eigenvalue weighted by molar-refractivity contribution is 5.71. The van der Waals surface area contributed by atoms with E-state index in [1.165, 1.54) is 270 Å². The summed E-state index contributed by atoms with van der Waals surface area (Å²) in [5, 5.41) is 0. The molecule has 0 aliphatic heterocycles. The summed E-state index contributed by atoms with van der Waals surface area (Å²) in [6.45, 7) is 6.61. The summed E-state index contributed by atoms with van der Waals surface area (Å²) in [5.41, 5.74) is 0. The Bertz CT molecular complexity index is 1300. The van der Waals surface area contributed by atoms with E-state index in [2.05, 4.69) is 57.2 Å². The Morgan fingerprint density at radius 3 is 0.718 bits per heavy atom. The van der Waals surface area contributed by atoms with Gasteiger partial charge in [-0.25, -0.2) is 0 Å². The lowest BCUT2D eigenvalue weighted by atomic mass is 10.0. The molecule has 1 unspecified atom stereocenters. The van der Waals surface area contributed by atoms with Crippen LogP contribution in [0.3, 0.4) is 0 Å². The van der Waals surface area contributed by atoms with Crippen LogP contribution in [0.1, 0.15) is 387 Å². The topological polar surface area (TPSA) is 78.9 Å². The van der Waals surface area contributed by atoms with E-state index in [9.17, 15) is 14.4 Å². The highest BCUT2D eigenvalue weighted by atomic mass is 16.6. The van der Waals surface area contributed by atoms with E-state index >= 15 is 0 Å². The largest absolute Gasteiger partial charge is 0.462 e. The second-order valence-electron chi connectivity index (χ2n) is 23.8. The molecule has 0 spiro atoms. The molecule has 6 heteroatoms. The molecule has 458 valence electrons. The van der Waals surface area contributed by atoms with Crippen LogP contribution in [0.2, 0.25) is 0 Å². The summed E-state index contributed by atoms with van der Waals surface area (Å²) in [4.78, 5) is 38.0. The molecule has 0 rings (SSSR count). The SMILES string of the molecule is CCCCCCC/C=C\C/C=C\C/C=C\CCCCCCCCCCCCCCCCCCCCC(=O)OCC(COC(=O)CCCCCCC)OC(=O)CCCCCCCCCCCCCCCCCCCCCCCC. The first-order chi connectivity index (χ1) is 38.5. The van der Waals surface area contributed by atoms with Crippen molar-refractivity contribution in [2.75, 3.05) is 13.2 Å². The Morgan fingerprint density at radius 1 is 0.256 bits per heavy atom. The molecule has 0 aromatic carbocycles. The Hall–Kier alpha value is -2.37. The third kappa shape index (κ3) is 64.5. The normalized spacial score (nSPS) is 12.2. The molecule has 0 aliphatic carbocycles. The molecule has 0 saturated carbocycles. The van der Waals surface area contributed by atoms with Gasteiger partial charge in [-0.15, -0.1) is 0 Å². The minimum Gasteiger partial charge on any atom is -0.462 e. The van der Waals surface area contributed by atoms with Gasteiger partial charge in [-0.2, -0.15) is 0 Å². The van der Waals surface area contributed by atoms with Crippen molar-refractivity contribution in [3.05, 3.63) is 36.5 Å². The molecule has 0 fully saturated rings. The van der Waals surface area contributed by atoms with Crippen LogP contribution in [0.5, 0.6) is 0 Å². The molecule has 0 bridgehead atoms. The Kier molecular flexibility index (Phi) is 65.1. The van der Waals surface area contributed by atoms with E-state index in [4.69, 9.17) is 14.2 Å². The highest BCUT2D eigenvalue weighted by Crippen LogP contribution is 2.19. The minimum atomic E-state index is -0.765. The van der Waals surface area contributed by atoms with Crippen molar-refractivity contribution >= 4 is 17.9 Å². The smallest absolute Gasteiger partial charge is 0.306 e. The standard InChI is InChI=1S/C72H134O6/c1-4-7-10-13-15-17-19-21-23-25-27-29-31-32-33-34-35-36-37-38-39-40-41-43-44-46-48-50-52-54-56-59-62-65-71(74)77-68-69(67-76-70(73)64-61-58-12-9-6-3)78-72(75)66-63-60-57-55-53-51-49-47-45-42-30-28-26-24-22-20-18-16-14-11-8-5-2/h19,21,25,27,31-32,69H,4-18,20,22-24,26,28-30,33-68H2,1-3H3/b21-19-,27-25-,32-31-. The molecule has 78 heavy (non-hydrogen) atoms. The molecule has 0 amide bonds. The molecule has 6 nitrogen and oxygen atoms in total. The lowest BCUT2D eigenvalue weighted by Gasteiger charge is -2.18. The summed E-state index contributed by atoms with van der Waals surface area (Å²) < 4.78 is 16.8. The van der Waals surface area contributed by atoms with Gasteiger partial charge in [0.2, 0.25) is 0 Å². The van der Waals surface area contributed by atoms with Gasteiger partial charge < -0.3 is 14.2 Å². The van der Waals surface area contributed by atoms with E-state index in [0.29, 0.717) is 19.3 Å². The van der Waals surface area contributed by atoms with Gasteiger partial charge >= 0.3 is 17.9 Å². The van der Waals surface area contributed by atoms with Crippen LogP contribution in [-0.4, -0.2) is 37.2 Å². The van der Waals surface area contributed by atoms with E-state index < -0.39 is 6.10 Å². The zero-order valence-electron chi connectivity index (χ0n) is 52.7. The third-order valence-electron chi connectivity index (χ3n) is 15.9. The number of allylic oxidation sites excluding steroid dienone is 6. The lowest BCUT2D eigenvalue weighted by Crippen LogP contribution is -2.30. The van der Waals surface area contributed by atoms with E-state index in [1.54, 1.807) is 0 Å². The lowest BCUT2D eigenvalue weighted by molar-refractivity contribution is -0.167. The molecule has 0 aromatic rings. The first-order valence-corrected chi connectivity index (χ1v) is 35.0. The molecule has 0 aromatic heterocycles. The molecule has 0 aliphatic rings. The van der Waals surface area contributed by atoms with Crippen molar-refractivity contribution < 1.29 is 28.6 Å². The number of esters is 3. The molecule has 0 radical (unpaired) electrons. The van der Waals surface area contributed by atoms with Crippen LogP contribution in [0, 0.1) is 0 Å². The predicted octanol–water partition coefficient (Wildman–Crippen LogP) is 23.9. The van der Waals surface area contributed by atoms with Gasteiger partial charge in [0.05, 0.1) is 0 Å². The second-order valence-corrected chi connectivity index (χ2v) is 23.8. The van der Waals surface area contributed by atoms with Crippen molar-refractivity contribution in [3.63, 3.8) is 0 Å². The number of carbonyl (C=O) groups excluding carboxylic acids is 3. The maximum atomic E-state index is 12.8. The first-order valence-electron chi connectivity index (χ1n) is 35.0. The summed E-state index contributed by atoms with van der Waals surface area (Å²) in [6, 6.07) is 0. The number of carbonyl (C=O) groups is 3. The van der Waals surface area contributed by atoms with E-state index in [-0.39, 0.29) is 31.1 Å². The van der Waals surface area contributed by atoms with E-state index in [0.717, 1.165) is 77.0 Å². The fourth-order valence-corrected chi connectivity index (χ4v) is 10.6. The molecule has 1 atom stereocenters. The van der Waals surface area contributed by atoms with Crippen LogP contribution in [0.25, 0.3) is 0 Å². The fraction of sp³-hybridized carbons (Fsp3) is 0.875. The van der Waals surface area contributed by atoms with Gasteiger partial charge in [0.25, 0.3) is 0 Å². The van der Waals surface area contributed by atoms with Gasteiger partial charge in [0.15, 0.2) is 6.10 Å². The van der Waals surface area contributed by atoms with Gasteiger partial charge in [-0.1, -0.05) is 346 Å². The van der Waals surface area contributed by atoms with Gasteiger partial charge in [-0.05, 0) is 57.8 Å². The second kappa shape index (κ2) is 67.1. The fourth-order valence-electron chi connectivity index (χ4n) is 10.6. The quantitative estimate of drug-likeness (QED) is 0.0261. The van der Waals surface area contributed by atoms with Crippen LogP contribution in [0.15, 0.2) is 36.5 Å². The third-order valence-corrected chi connectivity index (χ3v) is 15.9. The highest BCUT2D eigenvalue weighted by Gasteiger charge is 2.19. The van der Waals surface area contributed by atoms with Crippen molar-refractivity contribution in [1.82, 2.24) is 0 Å². The van der Waals surface area contributed by atoms with Gasteiger partial charge in [0, 0.05) is 19.3 Å². The average molecular weight is 1100 g/mol. The summed E-state index contributed by atoms with van der Waals surface area (Å²) in [5.74, 6) is -0.854. The summed E-state index contributed by atoms with van der Waals surface area (Å²) in [6.07, 6.45) is 83.8. The van der Waals surface area contributed by atoms with Crippen molar-refractivity contribution in [3.8, 4) is 0 Å². The maximum absolute atomic E-state index is 12.8. The monoisotopic (exact) mass is 1100 g/mol.